The summed E-state index contributed by atoms with van der Waals surface area (Å²) in [7, 11) is 0. The summed E-state index contributed by atoms with van der Waals surface area (Å²) in [6.45, 7) is 8.44. The summed E-state index contributed by atoms with van der Waals surface area (Å²) in [4.78, 5) is 0. The van der Waals surface area contributed by atoms with Crippen molar-refractivity contribution in [3.05, 3.63) is 28.8 Å². The number of hydrogen-bond acceptors (Lipinski definition) is 1. The Morgan fingerprint density at radius 2 is 1.93 bits per heavy atom. The van der Waals surface area contributed by atoms with Gasteiger partial charge >= 0.3 is 0 Å². The average molecular weight is 192 g/mol. The van der Waals surface area contributed by atoms with E-state index in [0.29, 0.717) is 11.7 Å². The van der Waals surface area contributed by atoms with Crippen LogP contribution in [0, 0.1) is 19.8 Å². The van der Waals surface area contributed by atoms with Crippen LogP contribution in [0.5, 0.6) is 5.75 Å². The van der Waals surface area contributed by atoms with E-state index in [-0.39, 0.29) is 0 Å². The highest BCUT2D eigenvalue weighted by Gasteiger charge is 2.08. The van der Waals surface area contributed by atoms with Crippen molar-refractivity contribution >= 4 is 0 Å². The van der Waals surface area contributed by atoms with E-state index in [4.69, 9.17) is 0 Å². The summed E-state index contributed by atoms with van der Waals surface area (Å²) >= 11 is 0. The van der Waals surface area contributed by atoms with Gasteiger partial charge in [0, 0.05) is 0 Å². The monoisotopic (exact) mass is 192 g/mol. The van der Waals surface area contributed by atoms with Crippen LogP contribution in [0.4, 0.5) is 0 Å². The molecular formula is C13H20O. The van der Waals surface area contributed by atoms with Crippen LogP contribution in [0.2, 0.25) is 0 Å². The number of rotatable bonds is 3. The second-order valence-electron chi connectivity index (χ2n) is 4.31. The molecule has 1 unspecified atom stereocenters. The zero-order chi connectivity index (χ0) is 10.7. The van der Waals surface area contributed by atoms with Crippen molar-refractivity contribution in [2.45, 2.75) is 40.5 Å². The minimum atomic E-state index is 0.482. The fraction of sp³-hybridized carbons (Fsp3) is 0.538. The van der Waals surface area contributed by atoms with Gasteiger partial charge < -0.3 is 5.11 Å². The SMILES string of the molecule is CCC(C)Cc1cc(C)cc(C)c1O. The van der Waals surface area contributed by atoms with Crippen molar-refractivity contribution in [1.82, 2.24) is 0 Å². The van der Waals surface area contributed by atoms with Crippen molar-refractivity contribution in [3.8, 4) is 5.75 Å². The van der Waals surface area contributed by atoms with E-state index in [2.05, 4.69) is 26.8 Å². The number of phenols is 1. The van der Waals surface area contributed by atoms with Crippen LogP contribution in [0.25, 0.3) is 0 Å². The maximum atomic E-state index is 9.87. The summed E-state index contributed by atoms with van der Waals surface area (Å²) in [5.41, 5.74) is 3.32. The van der Waals surface area contributed by atoms with Gasteiger partial charge in [0.05, 0.1) is 0 Å². The zero-order valence-electron chi connectivity index (χ0n) is 9.59. The zero-order valence-corrected chi connectivity index (χ0v) is 9.59. The molecule has 0 spiro atoms. The van der Waals surface area contributed by atoms with E-state index in [1.807, 2.05) is 13.0 Å². The highest BCUT2D eigenvalue weighted by atomic mass is 16.3. The van der Waals surface area contributed by atoms with Crippen LogP contribution < -0.4 is 0 Å². The molecule has 0 saturated carbocycles. The third kappa shape index (κ3) is 2.50. The normalized spacial score (nSPS) is 12.9. The molecule has 1 heteroatoms. The molecule has 0 amide bonds. The Bertz CT molecular complexity index is 315. The second kappa shape index (κ2) is 4.50. The van der Waals surface area contributed by atoms with Gasteiger partial charge in [0.25, 0.3) is 0 Å². The molecule has 0 aliphatic rings. The molecule has 1 rings (SSSR count). The van der Waals surface area contributed by atoms with Crippen molar-refractivity contribution in [2.75, 3.05) is 0 Å². The first-order chi connectivity index (χ1) is 6.54. The van der Waals surface area contributed by atoms with Gasteiger partial charge in [-0.05, 0) is 37.3 Å². The van der Waals surface area contributed by atoms with Crippen molar-refractivity contribution in [3.63, 3.8) is 0 Å². The standard InChI is InChI=1S/C13H20O/c1-5-9(2)7-12-8-10(3)6-11(4)13(12)14/h6,8-9,14H,5,7H2,1-4H3. The summed E-state index contributed by atoms with van der Waals surface area (Å²) in [5, 5.41) is 9.87. The van der Waals surface area contributed by atoms with E-state index < -0.39 is 0 Å². The van der Waals surface area contributed by atoms with Crippen molar-refractivity contribution < 1.29 is 5.11 Å². The minimum Gasteiger partial charge on any atom is -0.507 e. The molecule has 0 aliphatic carbocycles. The maximum Gasteiger partial charge on any atom is 0.121 e. The van der Waals surface area contributed by atoms with Crippen LogP contribution in [-0.2, 0) is 6.42 Å². The number of hydrogen-bond donors (Lipinski definition) is 1. The Hall–Kier alpha value is -0.980. The molecule has 1 aromatic carbocycles. The van der Waals surface area contributed by atoms with Gasteiger partial charge in [-0.2, -0.15) is 0 Å². The third-order valence-corrected chi connectivity index (χ3v) is 2.79. The first-order valence-corrected chi connectivity index (χ1v) is 5.33. The van der Waals surface area contributed by atoms with Crippen LogP contribution in [0.3, 0.4) is 0 Å². The smallest absolute Gasteiger partial charge is 0.121 e. The first kappa shape index (κ1) is 11.1. The molecule has 78 valence electrons. The highest BCUT2D eigenvalue weighted by molar-refractivity contribution is 5.42. The quantitative estimate of drug-likeness (QED) is 0.775. The molecule has 0 saturated heterocycles. The topological polar surface area (TPSA) is 20.2 Å². The van der Waals surface area contributed by atoms with Gasteiger partial charge in [0.2, 0.25) is 0 Å². The average Bonchev–Trinajstić information content (AvgIpc) is 2.13. The number of phenolic OH excluding ortho intramolecular Hbond substituents is 1. The molecule has 0 fully saturated rings. The lowest BCUT2D eigenvalue weighted by Crippen LogP contribution is -1.99. The molecule has 0 heterocycles. The lowest BCUT2D eigenvalue weighted by Gasteiger charge is -2.12. The van der Waals surface area contributed by atoms with Gasteiger partial charge in [-0.15, -0.1) is 0 Å². The minimum absolute atomic E-state index is 0.482. The molecule has 0 radical (unpaired) electrons. The third-order valence-electron chi connectivity index (χ3n) is 2.79. The summed E-state index contributed by atoms with van der Waals surface area (Å²) < 4.78 is 0. The summed E-state index contributed by atoms with van der Waals surface area (Å²) in [5.74, 6) is 1.12. The molecule has 1 atom stereocenters. The van der Waals surface area contributed by atoms with E-state index in [1.54, 1.807) is 0 Å². The van der Waals surface area contributed by atoms with Crippen molar-refractivity contribution in [1.29, 1.82) is 0 Å². The molecule has 0 bridgehead atoms. The summed E-state index contributed by atoms with van der Waals surface area (Å²) in [6.07, 6.45) is 2.14. The van der Waals surface area contributed by atoms with Crippen molar-refractivity contribution in [2.24, 2.45) is 5.92 Å². The Morgan fingerprint density at radius 1 is 1.29 bits per heavy atom. The lowest BCUT2D eigenvalue weighted by atomic mass is 9.95. The molecule has 14 heavy (non-hydrogen) atoms. The van der Waals surface area contributed by atoms with Gasteiger partial charge in [0.15, 0.2) is 0 Å². The van der Waals surface area contributed by atoms with Crippen LogP contribution in [0.15, 0.2) is 12.1 Å². The Kier molecular flexibility index (Phi) is 3.56. The largest absolute Gasteiger partial charge is 0.507 e. The molecule has 0 aliphatic heterocycles. The Balaban J connectivity index is 2.96. The fourth-order valence-electron chi connectivity index (χ4n) is 1.72. The lowest BCUT2D eigenvalue weighted by molar-refractivity contribution is 0.453. The molecule has 0 aromatic heterocycles. The number of aromatic hydroxyl groups is 1. The first-order valence-electron chi connectivity index (χ1n) is 5.33. The van der Waals surface area contributed by atoms with Crippen LogP contribution in [-0.4, -0.2) is 5.11 Å². The predicted molar refractivity (Wildman–Crippen MR) is 60.7 cm³/mol. The van der Waals surface area contributed by atoms with E-state index in [9.17, 15) is 5.11 Å². The molecular weight excluding hydrogens is 172 g/mol. The van der Waals surface area contributed by atoms with Gasteiger partial charge in [0.1, 0.15) is 5.75 Å². The van der Waals surface area contributed by atoms with E-state index in [0.717, 1.165) is 24.0 Å². The van der Waals surface area contributed by atoms with Crippen LogP contribution in [0.1, 0.15) is 37.0 Å². The molecule has 1 N–H and O–H groups in total. The molecule has 1 aromatic rings. The summed E-state index contributed by atoms with van der Waals surface area (Å²) in [6, 6.07) is 4.12. The van der Waals surface area contributed by atoms with E-state index >= 15 is 0 Å². The number of benzene rings is 1. The van der Waals surface area contributed by atoms with Crippen LogP contribution >= 0.6 is 0 Å². The predicted octanol–water partition coefficient (Wildman–Crippen LogP) is 3.60. The van der Waals surface area contributed by atoms with E-state index in [1.165, 1.54) is 5.56 Å². The maximum absolute atomic E-state index is 9.87. The Morgan fingerprint density at radius 3 is 2.50 bits per heavy atom. The molecule has 1 nitrogen and oxygen atoms in total. The second-order valence-corrected chi connectivity index (χ2v) is 4.31. The van der Waals surface area contributed by atoms with Gasteiger partial charge in [-0.3, -0.25) is 0 Å². The highest BCUT2D eigenvalue weighted by Crippen LogP contribution is 2.26. The van der Waals surface area contributed by atoms with Gasteiger partial charge in [-0.25, -0.2) is 0 Å². The Labute approximate surface area is 86.8 Å². The fourth-order valence-corrected chi connectivity index (χ4v) is 1.72. The van der Waals surface area contributed by atoms with Gasteiger partial charge in [-0.1, -0.05) is 38.0 Å². The number of aryl methyl sites for hydroxylation is 2.